The van der Waals surface area contributed by atoms with Gasteiger partial charge in [0.25, 0.3) is 0 Å². The number of hydrogen-bond acceptors (Lipinski definition) is 3. The molecular formula is C8H8N2OS. The summed E-state index contributed by atoms with van der Waals surface area (Å²) in [4.78, 5) is 15.4. The molecule has 0 aliphatic rings. The SMILES string of the molecule is Cc1cnc(C#CCC(N)=O)s1. The summed E-state index contributed by atoms with van der Waals surface area (Å²) in [5, 5.41) is 0.730. The van der Waals surface area contributed by atoms with E-state index in [0.29, 0.717) is 0 Å². The zero-order chi connectivity index (χ0) is 8.97. The fourth-order valence-corrected chi connectivity index (χ4v) is 1.26. The number of amides is 1. The first-order chi connectivity index (χ1) is 5.68. The number of hydrogen-bond donors (Lipinski definition) is 1. The molecule has 0 fully saturated rings. The molecule has 1 amide bonds. The van der Waals surface area contributed by atoms with Crippen LogP contribution in [-0.4, -0.2) is 10.9 Å². The Balaban J connectivity index is 2.60. The van der Waals surface area contributed by atoms with E-state index in [1.165, 1.54) is 11.3 Å². The Morgan fingerprint density at radius 1 is 1.83 bits per heavy atom. The lowest BCUT2D eigenvalue weighted by Crippen LogP contribution is -2.08. The molecular weight excluding hydrogens is 172 g/mol. The number of rotatable bonds is 1. The topological polar surface area (TPSA) is 56.0 Å². The molecule has 0 saturated heterocycles. The Hall–Kier alpha value is -1.34. The molecule has 2 N–H and O–H groups in total. The molecule has 0 bridgehead atoms. The molecule has 0 saturated carbocycles. The molecule has 4 heteroatoms. The summed E-state index contributed by atoms with van der Waals surface area (Å²) in [6, 6.07) is 0. The summed E-state index contributed by atoms with van der Waals surface area (Å²) in [5.74, 6) is 4.98. The van der Waals surface area contributed by atoms with Gasteiger partial charge in [0.1, 0.15) is 0 Å². The number of primary amides is 1. The van der Waals surface area contributed by atoms with Gasteiger partial charge in [-0.3, -0.25) is 4.79 Å². The monoisotopic (exact) mass is 180 g/mol. The van der Waals surface area contributed by atoms with Gasteiger partial charge in [-0.15, -0.1) is 11.3 Å². The Labute approximate surface area is 74.6 Å². The zero-order valence-electron chi connectivity index (χ0n) is 6.63. The van der Waals surface area contributed by atoms with E-state index in [1.54, 1.807) is 6.20 Å². The van der Waals surface area contributed by atoms with Gasteiger partial charge < -0.3 is 5.73 Å². The standard InChI is InChI=1S/C8H8N2OS/c1-6-5-10-8(12-6)4-2-3-7(9)11/h5H,3H2,1H3,(H2,9,11). The fourth-order valence-electron chi connectivity index (χ4n) is 0.619. The van der Waals surface area contributed by atoms with E-state index < -0.39 is 5.91 Å². The number of aromatic nitrogens is 1. The third kappa shape index (κ3) is 2.72. The first kappa shape index (κ1) is 8.75. The highest BCUT2D eigenvalue weighted by Gasteiger charge is 1.92. The molecule has 0 atom stereocenters. The highest BCUT2D eigenvalue weighted by molar-refractivity contribution is 7.12. The lowest BCUT2D eigenvalue weighted by Gasteiger charge is -1.78. The molecule has 12 heavy (non-hydrogen) atoms. The van der Waals surface area contributed by atoms with Gasteiger partial charge in [-0.2, -0.15) is 0 Å². The molecule has 1 aromatic rings. The summed E-state index contributed by atoms with van der Waals surface area (Å²) in [7, 11) is 0. The molecule has 0 unspecified atom stereocenters. The maximum absolute atomic E-state index is 10.3. The third-order valence-electron chi connectivity index (χ3n) is 1.08. The first-order valence-electron chi connectivity index (χ1n) is 3.38. The van der Waals surface area contributed by atoms with Gasteiger partial charge in [-0.05, 0) is 12.8 Å². The van der Waals surface area contributed by atoms with Crippen LogP contribution in [0.15, 0.2) is 6.20 Å². The van der Waals surface area contributed by atoms with Crippen molar-refractivity contribution in [2.24, 2.45) is 5.73 Å². The molecule has 0 radical (unpaired) electrons. The van der Waals surface area contributed by atoms with Crippen molar-refractivity contribution >= 4 is 17.2 Å². The van der Waals surface area contributed by atoms with E-state index in [9.17, 15) is 4.79 Å². The van der Waals surface area contributed by atoms with Gasteiger partial charge in [-0.25, -0.2) is 4.98 Å². The van der Waals surface area contributed by atoms with Crippen molar-refractivity contribution in [2.45, 2.75) is 13.3 Å². The summed E-state index contributed by atoms with van der Waals surface area (Å²) >= 11 is 1.50. The van der Waals surface area contributed by atoms with E-state index in [-0.39, 0.29) is 6.42 Å². The van der Waals surface area contributed by atoms with Crippen molar-refractivity contribution < 1.29 is 4.79 Å². The number of aryl methyl sites for hydroxylation is 1. The van der Waals surface area contributed by atoms with Crippen LogP contribution in [-0.2, 0) is 4.79 Å². The van der Waals surface area contributed by atoms with E-state index in [4.69, 9.17) is 5.73 Å². The van der Waals surface area contributed by atoms with Crippen molar-refractivity contribution in [1.82, 2.24) is 4.98 Å². The molecule has 3 nitrogen and oxygen atoms in total. The Bertz CT molecular complexity index is 345. The minimum Gasteiger partial charge on any atom is -0.369 e. The van der Waals surface area contributed by atoms with E-state index in [1.807, 2.05) is 6.92 Å². The number of carbonyl (C=O) groups excluding carboxylic acids is 1. The van der Waals surface area contributed by atoms with E-state index in [2.05, 4.69) is 16.8 Å². The van der Waals surface area contributed by atoms with Gasteiger partial charge in [0.15, 0.2) is 5.01 Å². The van der Waals surface area contributed by atoms with E-state index >= 15 is 0 Å². The van der Waals surface area contributed by atoms with Crippen LogP contribution >= 0.6 is 11.3 Å². The second-order valence-electron chi connectivity index (χ2n) is 2.22. The minimum absolute atomic E-state index is 0.0959. The summed E-state index contributed by atoms with van der Waals surface area (Å²) in [6.45, 7) is 1.96. The molecule has 0 aliphatic heterocycles. The second-order valence-corrected chi connectivity index (χ2v) is 3.46. The minimum atomic E-state index is -0.407. The summed E-state index contributed by atoms with van der Waals surface area (Å²) in [6.07, 6.45) is 1.84. The van der Waals surface area contributed by atoms with Crippen LogP contribution in [0.2, 0.25) is 0 Å². The second kappa shape index (κ2) is 3.88. The molecule has 1 heterocycles. The maximum Gasteiger partial charge on any atom is 0.229 e. The van der Waals surface area contributed by atoms with E-state index in [0.717, 1.165) is 9.88 Å². The highest BCUT2D eigenvalue weighted by atomic mass is 32.1. The van der Waals surface area contributed by atoms with Crippen LogP contribution in [0.4, 0.5) is 0 Å². The largest absolute Gasteiger partial charge is 0.369 e. The van der Waals surface area contributed by atoms with Crippen LogP contribution in [0, 0.1) is 18.8 Å². The fraction of sp³-hybridized carbons (Fsp3) is 0.250. The predicted molar refractivity (Wildman–Crippen MR) is 47.5 cm³/mol. The van der Waals surface area contributed by atoms with Crippen LogP contribution < -0.4 is 5.73 Å². The van der Waals surface area contributed by atoms with Crippen molar-refractivity contribution in [3.05, 3.63) is 16.1 Å². The number of thiazole rings is 1. The predicted octanol–water partition coefficient (Wildman–Crippen LogP) is 0.678. The lowest BCUT2D eigenvalue weighted by molar-refractivity contribution is -0.117. The first-order valence-corrected chi connectivity index (χ1v) is 4.20. The van der Waals surface area contributed by atoms with Gasteiger partial charge in [0, 0.05) is 11.1 Å². The Morgan fingerprint density at radius 3 is 3.08 bits per heavy atom. The van der Waals surface area contributed by atoms with Crippen LogP contribution in [0.1, 0.15) is 16.3 Å². The maximum atomic E-state index is 10.3. The van der Waals surface area contributed by atoms with Crippen molar-refractivity contribution in [3.8, 4) is 11.8 Å². The summed E-state index contributed by atoms with van der Waals surface area (Å²) < 4.78 is 0. The molecule has 1 aromatic heterocycles. The van der Waals surface area contributed by atoms with Gasteiger partial charge >= 0.3 is 0 Å². The third-order valence-corrected chi connectivity index (χ3v) is 1.91. The Kier molecular flexibility index (Phi) is 2.83. The average Bonchev–Trinajstić information content (AvgIpc) is 2.35. The molecule has 0 aliphatic carbocycles. The van der Waals surface area contributed by atoms with Crippen LogP contribution in [0.5, 0.6) is 0 Å². The van der Waals surface area contributed by atoms with Crippen molar-refractivity contribution in [1.29, 1.82) is 0 Å². The number of nitrogens with two attached hydrogens (primary N) is 1. The quantitative estimate of drug-likeness (QED) is 0.646. The van der Waals surface area contributed by atoms with Crippen molar-refractivity contribution in [2.75, 3.05) is 0 Å². The highest BCUT2D eigenvalue weighted by Crippen LogP contribution is 2.08. The van der Waals surface area contributed by atoms with Gasteiger partial charge in [0.2, 0.25) is 5.91 Å². The Morgan fingerprint density at radius 2 is 2.58 bits per heavy atom. The number of nitrogens with zero attached hydrogens (tertiary/aromatic N) is 1. The van der Waals surface area contributed by atoms with Gasteiger partial charge in [-0.1, -0.05) is 5.92 Å². The lowest BCUT2D eigenvalue weighted by atomic mass is 10.4. The normalized spacial score (nSPS) is 8.75. The van der Waals surface area contributed by atoms with Crippen molar-refractivity contribution in [3.63, 3.8) is 0 Å². The average molecular weight is 180 g/mol. The number of carbonyl (C=O) groups is 1. The molecule has 1 rings (SSSR count). The molecule has 62 valence electrons. The van der Waals surface area contributed by atoms with Crippen LogP contribution in [0.25, 0.3) is 0 Å². The molecule has 0 aromatic carbocycles. The van der Waals surface area contributed by atoms with Gasteiger partial charge in [0.05, 0.1) is 6.42 Å². The smallest absolute Gasteiger partial charge is 0.229 e. The molecule has 0 spiro atoms. The zero-order valence-corrected chi connectivity index (χ0v) is 7.44. The summed E-state index contributed by atoms with van der Waals surface area (Å²) in [5.41, 5.74) is 4.90. The van der Waals surface area contributed by atoms with Crippen LogP contribution in [0.3, 0.4) is 0 Å².